The van der Waals surface area contributed by atoms with Crippen LogP contribution in [0.2, 0.25) is 5.02 Å². The topological polar surface area (TPSA) is 79.5 Å². The molecule has 1 saturated heterocycles. The van der Waals surface area contributed by atoms with E-state index in [-0.39, 0.29) is 29.4 Å². The summed E-state index contributed by atoms with van der Waals surface area (Å²) in [7, 11) is 0. The Morgan fingerprint density at radius 1 is 1.71 bits per heavy atom. The van der Waals surface area contributed by atoms with Crippen LogP contribution in [0.3, 0.4) is 0 Å². The Morgan fingerprint density at radius 2 is 2.47 bits per heavy atom. The van der Waals surface area contributed by atoms with Crippen molar-refractivity contribution in [2.24, 2.45) is 0 Å². The van der Waals surface area contributed by atoms with Gasteiger partial charge in [-0.25, -0.2) is 4.98 Å². The van der Waals surface area contributed by atoms with E-state index in [1.165, 1.54) is 12.3 Å². The first kappa shape index (κ1) is 12.1. The lowest BCUT2D eigenvalue weighted by atomic mass is 10.2. The van der Waals surface area contributed by atoms with Gasteiger partial charge < -0.3 is 15.7 Å². The molecule has 1 amide bonds. The SMILES string of the molecule is Nc1ncc(C(=O)N2CCCC2CO)cc1Cl. The molecule has 6 heteroatoms. The van der Waals surface area contributed by atoms with E-state index in [1.54, 1.807) is 4.90 Å². The van der Waals surface area contributed by atoms with Crippen molar-refractivity contribution in [3.63, 3.8) is 0 Å². The second-order valence-corrected chi connectivity index (χ2v) is 4.48. The van der Waals surface area contributed by atoms with Crippen LogP contribution in [0, 0.1) is 0 Å². The number of nitrogens with two attached hydrogens (primary N) is 1. The van der Waals surface area contributed by atoms with Crippen LogP contribution in [0.25, 0.3) is 0 Å². The van der Waals surface area contributed by atoms with Crippen molar-refractivity contribution < 1.29 is 9.90 Å². The van der Waals surface area contributed by atoms with Crippen molar-refractivity contribution in [2.75, 3.05) is 18.9 Å². The van der Waals surface area contributed by atoms with Crippen LogP contribution in [0.1, 0.15) is 23.2 Å². The monoisotopic (exact) mass is 255 g/mol. The van der Waals surface area contributed by atoms with Gasteiger partial charge in [0.2, 0.25) is 0 Å². The fraction of sp³-hybridized carbons (Fsp3) is 0.455. The minimum atomic E-state index is -0.157. The van der Waals surface area contributed by atoms with Crippen molar-refractivity contribution in [1.82, 2.24) is 9.88 Å². The smallest absolute Gasteiger partial charge is 0.255 e. The summed E-state index contributed by atoms with van der Waals surface area (Å²) in [6, 6.07) is 1.41. The number of amides is 1. The number of aromatic nitrogens is 1. The van der Waals surface area contributed by atoms with Gasteiger partial charge in [0.25, 0.3) is 5.91 Å². The molecule has 0 aliphatic carbocycles. The van der Waals surface area contributed by atoms with Crippen LogP contribution in [-0.2, 0) is 0 Å². The normalized spacial score (nSPS) is 19.6. The number of carbonyl (C=O) groups excluding carboxylic acids is 1. The highest BCUT2D eigenvalue weighted by atomic mass is 35.5. The number of hydrogen-bond donors (Lipinski definition) is 2. The van der Waals surface area contributed by atoms with Crippen molar-refractivity contribution in [1.29, 1.82) is 0 Å². The average molecular weight is 256 g/mol. The van der Waals surface area contributed by atoms with E-state index in [1.807, 2.05) is 0 Å². The molecule has 1 aromatic rings. The Hall–Kier alpha value is -1.33. The lowest BCUT2D eigenvalue weighted by Crippen LogP contribution is -2.37. The predicted molar refractivity (Wildman–Crippen MR) is 64.8 cm³/mol. The first-order valence-electron chi connectivity index (χ1n) is 5.46. The standard InChI is InChI=1S/C11H14ClN3O2/c12-9-4-7(5-14-10(9)13)11(17)15-3-1-2-8(15)6-16/h4-5,8,16H,1-3,6H2,(H2,13,14). The Kier molecular flexibility index (Phi) is 3.49. The molecule has 1 atom stereocenters. The zero-order chi connectivity index (χ0) is 12.4. The largest absolute Gasteiger partial charge is 0.394 e. The molecule has 1 aromatic heterocycles. The van der Waals surface area contributed by atoms with E-state index >= 15 is 0 Å². The second-order valence-electron chi connectivity index (χ2n) is 4.07. The minimum Gasteiger partial charge on any atom is -0.394 e. The fourth-order valence-corrected chi connectivity index (χ4v) is 2.19. The maximum Gasteiger partial charge on any atom is 0.255 e. The zero-order valence-electron chi connectivity index (χ0n) is 9.27. The van der Waals surface area contributed by atoms with E-state index in [4.69, 9.17) is 17.3 Å². The van der Waals surface area contributed by atoms with Crippen LogP contribution in [0.4, 0.5) is 5.82 Å². The Labute approximate surface area is 104 Å². The molecule has 1 aliphatic heterocycles. The first-order chi connectivity index (χ1) is 8.13. The summed E-state index contributed by atoms with van der Waals surface area (Å²) >= 11 is 5.83. The highest BCUT2D eigenvalue weighted by molar-refractivity contribution is 6.33. The number of pyridine rings is 1. The summed E-state index contributed by atoms with van der Waals surface area (Å²) in [4.78, 5) is 17.7. The van der Waals surface area contributed by atoms with Gasteiger partial charge in [-0.2, -0.15) is 0 Å². The average Bonchev–Trinajstić information content (AvgIpc) is 2.80. The van der Waals surface area contributed by atoms with E-state index in [0.29, 0.717) is 12.1 Å². The number of aliphatic hydroxyl groups is 1. The number of hydrogen-bond acceptors (Lipinski definition) is 4. The van der Waals surface area contributed by atoms with Gasteiger partial charge >= 0.3 is 0 Å². The van der Waals surface area contributed by atoms with Crippen LogP contribution < -0.4 is 5.73 Å². The van der Waals surface area contributed by atoms with Crippen molar-refractivity contribution in [3.8, 4) is 0 Å². The number of likely N-dealkylation sites (tertiary alicyclic amines) is 1. The molecule has 1 fully saturated rings. The fourth-order valence-electron chi connectivity index (χ4n) is 2.02. The molecule has 92 valence electrons. The molecule has 0 aromatic carbocycles. The van der Waals surface area contributed by atoms with Crippen LogP contribution in [0.5, 0.6) is 0 Å². The third-order valence-electron chi connectivity index (χ3n) is 2.97. The summed E-state index contributed by atoms with van der Waals surface area (Å²) in [6.45, 7) is 0.647. The molecule has 1 aliphatic rings. The quantitative estimate of drug-likeness (QED) is 0.823. The summed E-state index contributed by atoms with van der Waals surface area (Å²) in [5, 5.41) is 9.45. The Bertz CT molecular complexity index is 439. The molecular weight excluding hydrogens is 242 g/mol. The van der Waals surface area contributed by atoms with E-state index < -0.39 is 0 Å². The maximum atomic E-state index is 12.2. The predicted octanol–water partition coefficient (Wildman–Crippen LogP) is 0.914. The van der Waals surface area contributed by atoms with Gasteiger partial charge in [-0.1, -0.05) is 11.6 Å². The number of anilines is 1. The Morgan fingerprint density at radius 3 is 3.12 bits per heavy atom. The number of halogens is 1. The summed E-state index contributed by atoms with van der Waals surface area (Å²) in [6.07, 6.45) is 3.15. The molecule has 2 heterocycles. The number of nitrogen functional groups attached to an aromatic ring is 1. The van der Waals surface area contributed by atoms with Gasteiger partial charge in [0.1, 0.15) is 5.82 Å². The van der Waals surface area contributed by atoms with Crippen molar-refractivity contribution in [2.45, 2.75) is 18.9 Å². The van der Waals surface area contributed by atoms with E-state index in [9.17, 15) is 9.90 Å². The molecule has 0 bridgehead atoms. The molecular formula is C11H14ClN3O2. The molecule has 0 saturated carbocycles. The Balaban J connectivity index is 2.21. The molecule has 5 nitrogen and oxygen atoms in total. The van der Waals surface area contributed by atoms with Gasteiger partial charge in [0.15, 0.2) is 0 Å². The molecule has 17 heavy (non-hydrogen) atoms. The first-order valence-corrected chi connectivity index (χ1v) is 5.84. The van der Waals surface area contributed by atoms with Gasteiger partial charge in [0.05, 0.1) is 23.2 Å². The molecule has 0 spiro atoms. The number of aliphatic hydroxyl groups excluding tert-OH is 1. The van der Waals surface area contributed by atoms with Gasteiger partial charge in [0, 0.05) is 12.7 Å². The van der Waals surface area contributed by atoms with Gasteiger partial charge in [-0.3, -0.25) is 4.79 Å². The van der Waals surface area contributed by atoms with Crippen LogP contribution >= 0.6 is 11.6 Å². The van der Waals surface area contributed by atoms with E-state index in [0.717, 1.165) is 12.8 Å². The third kappa shape index (κ3) is 2.35. The molecule has 1 unspecified atom stereocenters. The van der Waals surface area contributed by atoms with Crippen molar-refractivity contribution >= 4 is 23.3 Å². The highest BCUT2D eigenvalue weighted by Crippen LogP contribution is 2.22. The maximum absolute atomic E-state index is 12.2. The van der Waals surface area contributed by atoms with Crippen molar-refractivity contribution in [3.05, 3.63) is 22.8 Å². The molecule has 3 N–H and O–H groups in total. The van der Waals surface area contributed by atoms with Crippen LogP contribution in [-0.4, -0.2) is 40.1 Å². The van der Waals surface area contributed by atoms with Crippen LogP contribution in [0.15, 0.2) is 12.3 Å². The third-order valence-corrected chi connectivity index (χ3v) is 3.27. The summed E-state index contributed by atoms with van der Waals surface area (Å²) in [5.74, 6) is 0.0549. The number of rotatable bonds is 2. The summed E-state index contributed by atoms with van der Waals surface area (Å²) in [5.41, 5.74) is 5.89. The second kappa shape index (κ2) is 4.89. The minimum absolute atomic E-state index is 0.0120. The lowest BCUT2D eigenvalue weighted by Gasteiger charge is -2.22. The van der Waals surface area contributed by atoms with Gasteiger partial charge in [-0.15, -0.1) is 0 Å². The molecule has 0 radical (unpaired) electrons. The summed E-state index contributed by atoms with van der Waals surface area (Å²) < 4.78 is 0. The number of carbonyl (C=O) groups is 1. The zero-order valence-corrected chi connectivity index (χ0v) is 10.0. The molecule has 2 rings (SSSR count). The van der Waals surface area contributed by atoms with Gasteiger partial charge in [-0.05, 0) is 18.9 Å². The van der Waals surface area contributed by atoms with E-state index in [2.05, 4.69) is 4.98 Å². The lowest BCUT2D eigenvalue weighted by molar-refractivity contribution is 0.0677. The highest BCUT2D eigenvalue weighted by Gasteiger charge is 2.29. The number of nitrogens with zero attached hydrogens (tertiary/aromatic N) is 2.